The van der Waals surface area contributed by atoms with Crippen LogP contribution >= 0.6 is 11.8 Å². The van der Waals surface area contributed by atoms with Crippen molar-refractivity contribution in [2.45, 2.75) is 57.0 Å². The predicted octanol–water partition coefficient (Wildman–Crippen LogP) is 6.36. The molecule has 6 heteroatoms. The molecule has 2 aliphatic rings. The monoisotopic (exact) mass is 526 g/mol. The van der Waals surface area contributed by atoms with E-state index in [2.05, 4.69) is 41.4 Å². The smallest absolute Gasteiger partial charge is 0.260 e. The summed E-state index contributed by atoms with van der Waals surface area (Å²) in [4.78, 5) is 29.2. The van der Waals surface area contributed by atoms with E-state index in [0.717, 1.165) is 34.6 Å². The zero-order valence-corrected chi connectivity index (χ0v) is 22.8. The molecule has 1 heterocycles. The minimum atomic E-state index is -0.127. The number of rotatable bonds is 7. The number of carbonyl (C=O) groups is 2. The Hall–Kier alpha value is -3.51. The van der Waals surface area contributed by atoms with Gasteiger partial charge in [0.15, 0.2) is 0 Å². The van der Waals surface area contributed by atoms with Gasteiger partial charge in [0.2, 0.25) is 0 Å². The average Bonchev–Trinajstić information content (AvgIpc) is 2.94. The highest BCUT2D eigenvalue weighted by atomic mass is 32.2. The maximum Gasteiger partial charge on any atom is 0.260 e. The van der Waals surface area contributed by atoms with Crippen LogP contribution in [0.15, 0.2) is 77.7 Å². The van der Waals surface area contributed by atoms with E-state index in [-0.39, 0.29) is 17.9 Å². The molecule has 0 spiro atoms. The number of ether oxygens (including phenoxy) is 1. The quantitative estimate of drug-likeness (QED) is 0.364. The lowest BCUT2D eigenvalue weighted by Gasteiger charge is -2.44. The van der Waals surface area contributed by atoms with Crippen LogP contribution in [-0.4, -0.2) is 35.1 Å². The molecule has 3 aromatic carbocycles. The number of amides is 2. The highest BCUT2D eigenvalue weighted by molar-refractivity contribution is 8.04. The maximum atomic E-state index is 13.7. The summed E-state index contributed by atoms with van der Waals surface area (Å²) in [5.74, 6) is 0.773. The number of thioether (sulfide) groups is 1. The number of fused-ring (bicyclic) bond motifs is 1. The zero-order chi connectivity index (χ0) is 26.5. The first kappa shape index (κ1) is 26.1. The van der Waals surface area contributed by atoms with Crippen LogP contribution in [0, 0.1) is 6.92 Å². The van der Waals surface area contributed by atoms with Crippen molar-refractivity contribution in [2.24, 2.45) is 0 Å². The molecule has 2 fully saturated rings. The zero-order valence-electron chi connectivity index (χ0n) is 22.0. The largest absolute Gasteiger partial charge is 0.497 e. The number of nitrogens with zero attached hydrogens (tertiary/aromatic N) is 1. The summed E-state index contributed by atoms with van der Waals surface area (Å²) in [6.07, 6.45) is 6.59. The van der Waals surface area contributed by atoms with Crippen molar-refractivity contribution in [3.05, 3.63) is 106 Å². The molecule has 1 aliphatic heterocycles. The van der Waals surface area contributed by atoms with Gasteiger partial charge in [-0.15, -0.1) is 11.8 Å². The second kappa shape index (κ2) is 11.9. The van der Waals surface area contributed by atoms with Crippen molar-refractivity contribution in [1.29, 1.82) is 0 Å². The molecule has 1 saturated carbocycles. The van der Waals surface area contributed by atoms with E-state index < -0.39 is 0 Å². The lowest BCUT2D eigenvalue weighted by atomic mass is 9.92. The van der Waals surface area contributed by atoms with Gasteiger partial charge in [0, 0.05) is 29.9 Å². The van der Waals surface area contributed by atoms with Crippen molar-refractivity contribution in [2.75, 3.05) is 7.11 Å². The van der Waals surface area contributed by atoms with Gasteiger partial charge in [-0.25, -0.2) is 0 Å². The SMILES string of the molecule is COc1ccc(CNC(=O)c2ccc(/C=C3/SC4CCCCC4N(Cc4cccc(C)c4)C3=O)cc2)cc1. The average molecular weight is 527 g/mol. The summed E-state index contributed by atoms with van der Waals surface area (Å²) in [6, 6.07) is 23.8. The van der Waals surface area contributed by atoms with Gasteiger partial charge in [-0.05, 0) is 66.8 Å². The summed E-state index contributed by atoms with van der Waals surface area (Å²) in [7, 11) is 1.63. The molecular weight excluding hydrogens is 492 g/mol. The highest BCUT2D eigenvalue weighted by Gasteiger charge is 2.40. The fraction of sp³-hybridized carbons (Fsp3) is 0.312. The number of carbonyl (C=O) groups excluding carboxylic acids is 2. The fourth-order valence-electron chi connectivity index (χ4n) is 5.28. The molecule has 3 aromatic rings. The minimum Gasteiger partial charge on any atom is -0.497 e. The van der Waals surface area contributed by atoms with Crippen LogP contribution in [0.1, 0.15) is 58.3 Å². The first-order chi connectivity index (χ1) is 18.5. The molecule has 1 saturated heterocycles. The van der Waals surface area contributed by atoms with Crippen LogP contribution < -0.4 is 10.1 Å². The minimum absolute atomic E-state index is 0.112. The molecule has 5 nitrogen and oxygen atoms in total. The Labute approximate surface area is 229 Å². The van der Waals surface area contributed by atoms with E-state index in [1.807, 2.05) is 54.6 Å². The van der Waals surface area contributed by atoms with Gasteiger partial charge < -0.3 is 15.0 Å². The van der Waals surface area contributed by atoms with Crippen LogP contribution in [-0.2, 0) is 17.9 Å². The molecule has 2 atom stereocenters. The summed E-state index contributed by atoms with van der Waals surface area (Å²) in [5, 5.41) is 3.40. The molecule has 0 bridgehead atoms. The summed E-state index contributed by atoms with van der Waals surface area (Å²) in [6.45, 7) is 3.18. The molecule has 196 valence electrons. The van der Waals surface area contributed by atoms with Gasteiger partial charge in [0.05, 0.1) is 12.0 Å². The first-order valence-corrected chi connectivity index (χ1v) is 14.1. The van der Waals surface area contributed by atoms with Gasteiger partial charge >= 0.3 is 0 Å². The normalized spacial score (nSPS) is 20.2. The molecule has 2 unspecified atom stereocenters. The lowest BCUT2D eigenvalue weighted by Crippen LogP contribution is -2.50. The molecule has 1 N–H and O–H groups in total. The first-order valence-electron chi connectivity index (χ1n) is 13.3. The van der Waals surface area contributed by atoms with Crippen LogP contribution in [0.5, 0.6) is 5.75 Å². The molecule has 0 aromatic heterocycles. The third-order valence-electron chi connectivity index (χ3n) is 7.34. The van der Waals surface area contributed by atoms with E-state index in [0.29, 0.717) is 23.9 Å². The topological polar surface area (TPSA) is 58.6 Å². The predicted molar refractivity (Wildman–Crippen MR) is 154 cm³/mol. The van der Waals surface area contributed by atoms with Gasteiger partial charge in [-0.3, -0.25) is 9.59 Å². The second-order valence-corrected chi connectivity index (χ2v) is 11.4. The Morgan fingerprint density at radius 3 is 2.53 bits per heavy atom. The van der Waals surface area contributed by atoms with Gasteiger partial charge in [0.1, 0.15) is 5.75 Å². The Kier molecular flexibility index (Phi) is 8.18. The van der Waals surface area contributed by atoms with Gasteiger partial charge in [0.25, 0.3) is 11.8 Å². The van der Waals surface area contributed by atoms with Crippen LogP contribution in [0.4, 0.5) is 0 Å². The maximum absolute atomic E-state index is 13.7. The Bertz CT molecular complexity index is 1320. The second-order valence-electron chi connectivity index (χ2n) is 10.1. The Morgan fingerprint density at radius 1 is 1.03 bits per heavy atom. The molecule has 0 radical (unpaired) electrons. The summed E-state index contributed by atoms with van der Waals surface area (Å²) >= 11 is 1.74. The molecule has 1 aliphatic carbocycles. The number of methoxy groups -OCH3 is 1. The number of nitrogens with one attached hydrogen (secondary N) is 1. The van der Waals surface area contributed by atoms with Crippen LogP contribution in [0.3, 0.4) is 0 Å². The number of aryl methyl sites for hydroxylation is 1. The third kappa shape index (κ3) is 6.13. The molecule has 38 heavy (non-hydrogen) atoms. The van der Waals surface area contributed by atoms with Crippen LogP contribution in [0.25, 0.3) is 6.08 Å². The Morgan fingerprint density at radius 2 is 1.79 bits per heavy atom. The van der Waals surface area contributed by atoms with E-state index in [9.17, 15) is 9.59 Å². The van der Waals surface area contributed by atoms with Crippen molar-refractivity contribution in [3.8, 4) is 5.75 Å². The van der Waals surface area contributed by atoms with E-state index in [1.165, 1.54) is 24.0 Å². The van der Waals surface area contributed by atoms with Crippen LogP contribution in [0.2, 0.25) is 0 Å². The number of hydrogen-bond donors (Lipinski definition) is 1. The van der Waals surface area contributed by atoms with Crippen molar-refractivity contribution in [1.82, 2.24) is 10.2 Å². The van der Waals surface area contributed by atoms with E-state index >= 15 is 0 Å². The molecule has 2 amide bonds. The number of hydrogen-bond acceptors (Lipinski definition) is 4. The van der Waals surface area contributed by atoms with E-state index in [1.54, 1.807) is 18.9 Å². The summed E-state index contributed by atoms with van der Waals surface area (Å²) < 4.78 is 5.18. The van der Waals surface area contributed by atoms with Crippen molar-refractivity contribution < 1.29 is 14.3 Å². The molecular formula is C32H34N2O3S. The fourth-order valence-corrected chi connectivity index (χ4v) is 6.75. The third-order valence-corrected chi connectivity index (χ3v) is 8.74. The standard InChI is InChI=1S/C32H34N2O3S/c1-22-6-5-7-25(18-22)21-34-28-8-3-4-9-29(28)38-30(32(34)36)19-23-10-14-26(15-11-23)31(35)33-20-24-12-16-27(37-2)17-13-24/h5-7,10-19,28-29H,3-4,8-9,20-21H2,1-2H3,(H,33,35)/b30-19+. The lowest BCUT2D eigenvalue weighted by molar-refractivity contribution is -0.130. The highest BCUT2D eigenvalue weighted by Crippen LogP contribution is 2.42. The van der Waals surface area contributed by atoms with E-state index in [4.69, 9.17) is 4.74 Å². The Balaban J connectivity index is 1.28. The van der Waals surface area contributed by atoms with Crippen molar-refractivity contribution >= 4 is 29.7 Å². The summed E-state index contributed by atoms with van der Waals surface area (Å²) in [5.41, 5.74) is 4.92. The van der Waals surface area contributed by atoms with Gasteiger partial charge in [-0.2, -0.15) is 0 Å². The van der Waals surface area contributed by atoms with Gasteiger partial charge in [-0.1, -0.05) is 66.9 Å². The van der Waals surface area contributed by atoms with Crippen molar-refractivity contribution in [3.63, 3.8) is 0 Å². The molecule has 5 rings (SSSR count). The number of benzene rings is 3.